The third-order valence-corrected chi connectivity index (χ3v) is 13.4. The molecule has 1 heterocycles. The highest BCUT2D eigenvalue weighted by molar-refractivity contribution is 5.90. The van der Waals surface area contributed by atoms with Crippen LogP contribution in [0.4, 0.5) is 0 Å². The van der Waals surface area contributed by atoms with Gasteiger partial charge in [0, 0.05) is 40.7 Å². The number of benzene rings is 2. The maximum atomic E-state index is 14.6. The molecular formula is C52H81N5O10. The van der Waals surface area contributed by atoms with Crippen molar-refractivity contribution in [2.45, 2.75) is 155 Å². The molecule has 1 saturated heterocycles. The second kappa shape index (κ2) is 28.5. The lowest BCUT2D eigenvalue weighted by Crippen LogP contribution is -2.60. The van der Waals surface area contributed by atoms with E-state index in [2.05, 4.69) is 10.6 Å². The number of unbranched alkanes of at least 4 members (excludes halogenated alkanes) is 2. The van der Waals surface area contributed by atoms with Crippen molar-refractivity contribution in [3.63, 3.8) is 0 Å². The second-order valence-electron chi connectivity index (χ2n) is 19.0. The smallest absolute Gasteiger partial charge is 0.329 e. The van der Waals surface area contributed by atoms with Crippen LogP contribution in [0, 0.1) is 23.7 Å². The standard InChI is InChI=1S/C52H81N5O10/c1-12-36(6)47(56(9)51(63)45(34(2)3)54-50(62)46(35(4)5)55(8)29-21-15-20-28-44(59)60)42(65-10)32-43(58)57-30-22-27-41(57)48(66-11)37(7)49(61)53-40(31-38-23-16-13-17-24-38)52(64)67-33-39-25-18-14-19-26-39/h13-14,16-19,23-26,34-37,40-42,45-48H,12,15,20-22,27-33H2,1-11H3,(H,53,61)(H,54,62)(H,59,60)/t36-,37+,40-,41-,42+,45-,46-,47-,48+/m0/s1. The molecule has 0 aliphatic carbocycles. The van der Waals surface area contributed by atoms with Gasteiger partial charge in [-0.3, -0.25) is 28.9 Å². The van der Waals surface area contributed by atoms with Crippen LogP contribution in [0.15, 0.2) is 60.7 Å². The predicted molar refractivity (Wildman–Crippen MR) is 259 cm³/mol. The zero-order valence-electron chi connectivity index (χ0n) is 42.1. The first-order valence-corrected chi connectivity index (χ1v) is 24.2. The van der Waals surface area contributed by atoms with Crippen molar-refractivity contribution in [3.8, 4) is 0 Å². The van der Waals surface area contributed by atoms with Gasteiger partial charge in [0.15, 0.2) is 0 Å². The molecule has 67 heavy (non-hydrogen) atoms. The number of carbonyl (C=O) groups is 6. The molecule has 1 fully saturated rings. The van der Waals surface area contributed by atoms with Crippen LogP contribution >= 0.6 is 0 Å². The highest BCUT2D eigenvalue weighted by Crippen LogP contribution is 2.30. The Morgan fingerprint density at radius 3 is 1.99 bits per heavy atom. The summed E-state index contributed by atoms with van der Waals surface area (Å²) in [6.45, 7) is 14.6. The van der Waals surface area contributed by atoms with E-state index in [1.807, 2.05) is 114 Å². The molecule has 15 heteroatoms. The van der Waals surface area contributed by atoms with Gasteiger partial charge in [-0.2, -0.15) is 0 Å². The summed E-state index contributed by atoms with van der Waals surface area (Å²) in [6.07, 6.45) is 2.95. The summed E-state index contributed by atoms with van der Waals surface area (Å²) in [5.74, 6) is -3.66. The number of nitrogens with zero attached hydrogens (tertiary/aromatic N) is 3. The van der Waals surface area contributed by atoms with Crippen molar-refractivity contribution in [2.24, 2.45) is 23.7 Å². The number of hydrogen-bond donors (Lipinski definition) is 3. The van der Waals surface area contributed by atoms with Crippen LogP contribution in [0.3, 0.4) is 0 Å². The van der Waals surface area contributed by atoms with Crippen molar-refractivity contribution in [3.05, 3.63) is 71.8 Å². The normalized spacial score (nSPS) is 17.5. The minimum absolute atomic E-state index is 0.0333. The van der Waals surface area contributed by atoms with Crippen LogP contribution in [-0.2, 0) is 56.0 Å². The average Bonchev–Trinajstić information content (AvgIpc) is 3.79. The number of nitrogens with one attached hydrogen (secondary N) is 2. The third kappa shape index (κ3) is 17.0. The summed E-state index contributed by atoms with van der Waals surface area (Å²) in [5, 5.41) is 15.0. The van der Waals surface area contributed by atoms with E-state index < -0.39 is 66.2 Å². The van der Waals surface area contributed by atoms with E-state index in [1.54, 1.807) is 30.9 Å². The summed E-state index contributed by atoms with van der Waals surface area (Å²) >= 11 is 0. The summed E-state index contributed by atoms with van der Waals surface area (Å²) < 4.78 is 17.8. The molecule has 0 aromatic heterocycles. The average molecular weight is 936 g/mol. The molecular weight excluding hydrogens is 855 g/mol. The number of amides is 4. The maximum absolute atomic E-state index is 14.6. The Morgan fingerprint density at radius 1 is 0.806 bits per heavy atom. The van der Waals surface area contributed by atoms with Gasteiger partial charge >= 0.3 is 11.9 Å². The zero-order chi connectivity index (χ0) is 49.8. The summed E-state index contributed by atoms with van der Waals surface area (Å²) in [6, 6.07) is 15.5. The summed E-state index contributed by atoms with van der Waals surface area (Å²) in [7, 11) is 6.66. The van der Waals surface area contributed by atoms with Gasteiger partial charge in [-0.25, -0.2) is 4.79 Å². The largest absolute Gasteiger partial charge is 0.481 e. The molecule has 374 valence electrons. The van der Waals surface area contributed by atoms with Crippen LogP contribution in [0.1, 0.15) is 111 Å². The first kappa shape index (κ1) is 56.5. The minimum Gasteiger partial charge on any atom is -0.481 e. The Kier molecular flexibility index (Phi) is 24.0. The number of carboxylic acid groups (broad SMARTS) is 1. The van der Waals surface area contributed by atoms with Crippen molar-refractivity contribution < 1.29 is 48.1 Å². The van der Waals surface area contributed by atoms with Gasteiger partial charge in [0.2, 0.25) is 23.6 Å². The van der Waals surface area contributed by atoms with Gasteiger partial charge < -0.3 is 39.8 Å². The van der Waals surface area contributed by atoms with Crippen molar-refractivity contribution in [2.75, 3.05) is 41.4 Å². The van der Waals surface area contributed by atoms with E-state index in [4.69, 9.17) is 19.3 Å². The van der Waals surface area contributed by atoms with Gasteiger partial charge in [-0.15, -0.1) is 0 Å². The van der Waals surface area contributed by atoms with Crippen LogP contribution in [0.25, 0.3) is 0 Å². The number of hydrogen-bond acceptors (Lipinski definition) is 10. The van der Waals surface area contributed by atoms with Crippen molar-refractivity contribution in [1.82, 2.24) is 25.3 Å². The Balaban J connectivity index is 1.77. The fourth-order valence-corrected chi connectivity index (χ4v) is 9.42. The highest BCUT2D eigenvalue weighted by atomic mass is 16.5. The topological polar surface area (TPSA) is 184 Å². The van der Waals surface area contributed by atoms with Gasteiger partial charge in [-0.05, 0) is 68.2 Å². The molecule has 0 bridgehead atoms. The van der Waals surface area contributed by atoms with E-state index in [0.29, 0.717) is 38.8 Å². The molecule has 0 unspecified atom stereocenters. The molecule has 0 saturated carbocycles. The first-order valence-electron chi connectivity index (χ1n) is 24.2. The number of rotatable bonds is 29. The third-order valence-electron chi connectivity index (χ3n) is 13.4. The minimum atomic E-state index is -0.964. The van der Waals surface area contributed by atoms with Crippen molar-refractivity contribution in [1.29, 1.82) is 0 Å². The van der Waals surface area contributed by atoms with Crippen molar-refractivity contribution >= 4 is 35.6 Å². The lowest BCUT2D eigenvalue weighted by molar-refractivity contribution is -0.151. The van der Waals surface area contributed by atoms with Gasteiger partial charge in [-0.1, -0.05) is 122 Å². The Bertz CT molecular complexity index is 1850. The SMILES string of the molecule is CC[C@H](C)[C@@H]([C@@H](CC(=O)N1CCC[C@H]1[C@H](OC)[C@@H](C)C(=O)N[C@@H](Cc1ccccc1)C(=O)OCc1ccccc1)OC)N(C)C(=O)[C@@H](NC(=O)[C@H](C(C)C)N(C)CCCCCC(=O)O)C(C)C. The van der Waals surface area contributed by atoms with E-state index in [9.17, 15) is 28.8 Å². The Labute approximate surface area is 400 Å². The van der Waals surface area contributed by atoms with E-state index in [-0.39, 0.29) is 61.3 Å². The van der Waals surface area contributed by atoms with Gasteiger partial charge in [0.25, 0.3) is 0 Å². The number of likely N-dealkylation sites (tertiary alicyclic amines) is 1. The van der Waals surface area contributed by atoms with Gasteiger partial charge in [0.1, 0.15) is 18.7 Å². The maximum Gasteiger partial charge on any atom is 0.329 e. The monoisotopic (exact) mass is 936 g/mol. The number of carboxylic acids is 1. The fraction of sp³-hybridized carbons (Fsp3) is 0.654. The van der Waals surface area contributed by atoms with E-state index >= 15 is 0 Å². The number of ether oxygens (including phenoxy) is 3. The van der Waals surface area contributed by atoms with Crippen LogP contribution in [-0.4, -0.2) is 139 Å². The lowest BCUT2D eigenvalue weighted by Gasteiger charge is -2.41. The number of aliphatic carboxylic acids is 1. The Hall–Kier alpha value is -4.86. The summed E-state index contributed by atoms with van der Waals surface area (Å²) in [4.78, 5) is 87.0. The predicted octanol–water partition coefficient (Wildman–Crippen LogP) is 6.12. The molecule has 3 rings (SSSR count). The molecule has 9 atom stereocenters. The second-order valence-corrected chi connectivity index (χ2v) is 19.0. The molecule has 2 aromatic carbocycles. The molecule has 4 amide bonds. The van der Waals surface area contributed by atoms with Gasteiger partial charge in [0.05, 0.1) is 42.7 Å². The first-order chi connectivity index (χ1) is 31.9. The van der Waals surface area contributed by atoms with Crippen LogP contribution in [0.2, 0.25) is 0 Å². The van der Waals surface area contributed by atoms with E-state index in [0.717, 1.165) is 24.0 Å². The fourth-order valence-electron chi connectivity index (χ4n) is 9.42. The quantitative estimate of drug-likeness (QED) is 0.0631. The van der Waals surface area contributed by atoms with E-state index in [1.165, 1.54) is 7.11 Å². The molecule has 3 N–H and O–H groups in total. The van der Waals surface area contributed by atoms with Crippen LogP contribution < -0.4 is 10.6 Å². The number of carbonyl (C=O) groups excluding carboxylic acids is 5. The molecule has 15 nitrogen and oxygen atoms in total. The number of likely N-dealkylation sites (N-methyl/N-ethyl adjacent to an activating group) is 2. The lowest BCUT2D eigenvalue weighted by atomic mass is 9.89. The Morgan fingerprint density at radius 2 is 1.43 bits per heavy atom. The molecule has 1 aliphatic heterocycles. The molecule has 1 aliphatic rings. The highest BCUT2D eigenvalue weighted by Gasteiger charge is 2.43. The molecule has 2 aromatic rings. The molecule has 0 radical (unpaired) electrons. The summed E-state index contributed by atoms with van der Waals surface area (Å²) in [5.41, 5.74) is 1.68. The number of esters is 1. The number of methoxy groups -OCH3 is 2. The zero-order valence-corrected chi connectivity index (χ0v) is 42.1. The van der Waals surface area contributed by atoms with Crippen LogP contribution in [0.5, 0.6) is 0 Å². The molecule has 0 spiro atoms.